The predicted molar refractivity (Wildman–Crippen MR) is 64.2 cm³/mol. The number of nitrogens with one attached hydrogen (secondary N) is 1. The third kappa shape index (κ3) is 2.81. The largest absolute Gasteiger partial charge is 0.344 e. The van der Waals surface area contributed by atoms with Gasteiger partial charge in [-0.15, -0.1) is 0 Å². The lowest BCUT2D eigenvalue weighted by Crippen LogP contribution is -2.54. The fourth-order valence-electron chi connectivity index (χ4n) is 2.26. The smallest absolute Gasteiger partial charge is 0.245 e. The van der Waals surface area contributed by atoms with Crippen LogP contribution in [0.25, 0.3) is 0 Å². The minimum Gasteiger partial charge on any atom is -0.344 e. The lowest BCUT2D eigenvalue weighted by Gasteiger charge is -2.34. The van der Waals surface area contributed by atoms with Crippen molar-refractivity contribution >= 4 is 21.8 Å². The topological polar surface area (TPSA) is 86.8 Å². The lowest BCUT2D eigenvalue weighted by atomic mass is 10.2. The van der Waals surface area contributed by atoms with Crippen molar-refractivity contribution in [2.75, 3.05) is 32.4 Å². The molecule has 0 unspecified atom stereocenters. The fraction of sp³-hybridized carbons (Fsp3) is 0.800. The number of rotatable bonds is 2. The van der Waals surface area contributed by atoms with Gasteiger partial charge in [0.2, 0.25) is 21.8 Å². The molecule has 1 N–H and O–H groups in total. The number of hydrogen-bond donors (Lipinski definition) is 1. The summed E-state index contributed by atoms with van der Waals surface area (Å²) in [5.41, 5.74) is 0. The van der Waals surface area contributed by atoms with Crippen LogP contribution in [-0.2, 0) is 19.6 Å². The van der Waals surface area contributed by atoms with E-state index >= 15 is 0 Å². The zero-order valence-electron chi connectivity index (χ0n) is 10.3. The van der Waals surface area contributed by atoms with Gasteiger partial charge in [-0.2, -0.15) is 4.31 Å². The minimum atomic E-state index is -3.18. The van der Waals surface area contributed by atoms with Crippen LogP contribution in [0.1, 0.15) is 12.8 Å². The van der Waals surface area contributed by atoms with Crippen molar-refractivity contribution in [1.29, 1.82) is 0 Å². The molecule has 2 rings (SSSR count). The maximum Gasteiger partial charge on any atom is 0.245 e. The highest BCUT2D eigenvalue weighted by molar-refractivity contribution is 7.88. The first-order valence-electron chi connectivity index (χ1n) is 5.91. The van der Waals surface area contributed by atoms with Crippen LogP contribution in [0.5, 0.6) is 0 Å². The Kier molecular flexibility index (Phi) is 3.58. The van der Waals surface area contributed by atoms with Gasteiger partial charge in [-0.1, -0.05) is 0 Å². The first-order valence-corrected chi connectivity index (χ1v) is 7.76. The second-order valence-corrected chi connectivity index (χ2v) is 6.63. The Balaban J connectivity index is 1.90. The van der Waals surface area contributed by atoms with Gasteiger partial charge in [0.25, 0.3) is 0 Å². The highest BCUT2D eigenvalue weighted by Crippen LogP contribution is 2.12. The Labute approximate surface area is 106 Å². The number of hydrogen-bond acceptors (Lipinski definition) is 4. The summed E-state index contributed by atoms with van der Waals surface area (Å²) in [6, 6.07) is -0.428. The van der Waals surface area contributed by atoms with Crippen LogP contribution in [0.2, 0.25) is 0 Å². The highest BCUT2D eigenvalue weighted by Gasteiger charge is 2.33. The SMILES string of the molecule is CS(=O)(=O)N1CCN(C(=O)[C@@H]2CCC(=O)N2)CC1. The van der Waals surface area contributed by atoms with Gasteiger partial charge >= 0.3 is 0 Å². The van der Waals surface area contributed by atoms with Crippen molar-refractivity contribution in [3.05, 3.63) is 0 Å². The summed E-state index contributed by atoms with van der Waals surface area (Å²) in [4.78, 5) is 24.7. The molecule has 0 aromatic heterocycles. The van der Waals surface area contributed by atoms with E-state index in [9.17, 15) is 18.0 Å². The number of nitrogens with zero attached hydrogens (tertiary/aromatic N) is 2. The second kappa shape index (κ2) is 4.85. The lowest BCUT2D eigenvalue weighted by molar-refractivity contribution is -0.135. The van der Waals surface area contributed by atoms with Crippen LogP contribution in [0.3, 0.4) is 0 Å². The molecule has 18 heavy (non-hydrogen) atoms. The molecule has 2 amide bonds. The van der Waals surface area contributed by atoms with Crippen molar-refractivity contribution < 1.29 is 18.0 Å². The summed E-state index contributed by atoms with van der Waals surface area (Å²) in [6.45, 7) is 1.42. The molecular formula is C10H17N3O4S. The van der Waals surface area contributed by atoms with E-state index in [4.69, 9.17) is 0 Å². The van der Waals surface area contributed by atoms with E-state index in [1.165, 1.54) is 10.6 Å². The van der Waals surface area contributed by atoms with Crippen molar-refractivity contribution in [3.63, 3.8) is 0 Å². The number of amides is 2. The predicted octanol–water partition coefficient (Wildman–Crippen LogP) is -1.63. The van der Waals surface area contributed by atoms with Gasteiger partial charge in [0.1, 0.15) is 6.04 Å². The molecule has 2 saturated heterocycles. The zero-order valence-corrected chi connectivity index (χ0v) is 11.1. The minimum absolute atomic E-state index is 0.0943. The van der Waals surface area contributed by atoms with Crippen LogP contribution in [0.4, 0.5) is 0 Å². The molecule has 0 aliphatic carbocycles. The van der Waals surface area contributed by atoms with E-state index in [0.717, 1.165) is 0 Å². The van der Waals surface area contributed by atoms with E-state index in [2.05, 4.69) is 5.32 Å². The molecule has 102 valence electrons. The summed E-state index contributed by atoms with van der Waals surface area (Å²) in [6.07, 6.45) is 2.09. The molecule has 2 heterocycles. The Bertz CT molecular complexity index is 454. The Hall–Kier alpha value is -1.15. The monoisotopic (exact) mass is 275 g/mol. The normalized spacial score (nSPS) is 26.2. The molecule has 0 aromatic carbocycles. The van der Waals surface area contributed by atoms with Crippen LogP contribution < -0.4 is 5.32 Å². The summed E-state index contributed by atoms with van der Waals surface area (Å²) >= 11 is 0. The van der Waals surface area contributed by atoms with E-state index < -0.39 is 16.1 Å². The summed E-state index contributed by atoms with van der Waals surface area (Å²) in [7, 11) is -3.18. The summed E-state index contributed by atoms with van der Waals surface area (Å²) < 4.78 is 24.0. The van der Waals surface area contributed by atoms with E-state index in [0.29, 0.717) is 39.0 Å². The molecule has 2 fully saturated rings. The average Bonchev–Trinajstić information content (AvgIpc) is 2.74. The maximum absolute atomic E-state index is 12.0. The van der Waals surface area contributed by atoms with Gasteiger partial charge in [0.15, 0.2) is 0 Å². The molecular weight excluding hydrogens is 258 g/mol. The highest BCUT2D eigenvalue weighted by atomic mass is 32.2. The van der Waals surface area contributed by atoms with Crippen molar-refractivity contribution in [1.82, 2.24) is 14.5 Å². The first kappa shape index (κ1) is 13.3. The Morgan fingerprint density at radius 1 is 1.28 bits per heavy atom. The summed E-state index contributed by atoms with van der Waals surface area (Å²) in [5.74, 6) is -0.197. The van der Waals surface area contributed by atoms with E-state index in [1.807, 2.05) is 0 Å². The van der Waals surface area contributed by atoms with Crippen LogP contribution >= 0.6 is 0 Å². The number of sulfonamides is 1. The molecule has 0 aromatic rings. The standard InChI is InChI=1S/C10H17N3O4S/c1-18(16,17)13-6-4-12(5-7-13)10(15)8-2-3-9(14)11-8/h8H,2-7H2,1H3,(H,11,14)/t8-/m0/s1. The number of carbonyl (C=O) groups excluding carboxylic acids is 2. The molecule has 0 saturated carbocycles. The fourth-order valence-corrected chi connectivity index (χ4v) is 3.09. The number of carbonyl (C=O) groups is 2. The quantitative estimate of drug-likeness (QED) is 0.655. The van der Waals surface area contributed by atoms with E-state index in [1.54, 1.807) is 4.90 Å². The van der Waals surface area contributed by atoms with Gasteiger partial charge in [-0.05, 0) is 6.42 Å². The Morgan fingerprint density at radius 3 is 2.33 bits per heavy atom. The molecule has 7 nitrogen and oxygen atoms in total. The van der Waals surface area contributed by atoms with Gasteiger partial charge in [0, 0.05) is 32.6 Å². The van der Waals surface area contributed by atoms with Gasteiger partial charge < -0.3 is 10.2 Å². The summed E-state index contributed by atoms with van der Waals surface area (Å²) in [5, 5.41) is 2.63. The third-order valence-electron chi connectivity index (χ3n) is 3.31. The molecule has 0 spiro atoms. The molecule has 2 aliphatic heterocycles. The zero-order chi connectivity index (χ0) is 13.3. The maximum atomic E-state index is 12.0. The third-order valence-corrected chi connectivity index (χ3v) is 4.62. The van der Waals surface area contributed by atoms with Crippen molar-refractivity contribution in [3.8, 4) is 0 Å². The van der Waals surface area contributed by atoms with Crippen LogP contribution in [0, 0.1) is 0 Å². The average molecular weight is 275 g/mol. The van der Waals surface area contributed by atoms with Crippen LogP contribution in [-0.4, -0.2) is 67.9 Å². The molecule has 0 radical (unpaired) electrons. The molecule has 8 heteroatoms. The Morgan fingerprint density at radius 2 is 1.89 bits per heavy atom. The first-order chi connectivity index (χ1) is 8.38. The van der Waals surface area contributed by atoms with Crippen molar-refractivity contribution in [2.45, 2.75) is 18.9 Å². The number of piperazine rings is 1. The molecule has 2 aliphatic rings. The van der Waals surface area contributed by atoms with E-state index in [-0.39, 0.29) is 11.8 Å². The second-order valence-electron chi connectivity index (χ2n) is 4.65. The molecule has 1 atom stereocenters. The van der Waals surface area contributed by atoms with Gasteiger partial charge in [0.05, 0.1) is 6.26 Å². The van der Waals surface area contributed by atoms with Crippen LogP contribution in [0.15, 0.2) is 0 Å². The molecule has 0 bridgehead atoms. The van der Waals surface area contributed by atoms with Gasteiger partial charge in [-0.25, -0.2) is 8.42 Å². The van der Waals surface area contributed by atoms with Crippen molar-refractivity contribution in [2.24, 2.45) is 0 Å². The van der Waals surface area contributed by atoms with Gasteiger partial charge in [-0.3, -0.25) is 9.59 Å².